The van der Waals surface area contributed by atoms with Crippen LogP contribution in [0, 0.1) is 0 Å². The van der Waals surface area contributed by atoms with Crippen LogP contribution in [0.1, 0.15) is 6.42 Å². The van der Waals surface area contributed by atoms with Gasteiger partial charge < -0.3 is 0 Å². The van der Waals surface area contributed by atoms with Crippen molar-refractivity contribution in [2.24, 2.45) is 0 Å². The van der Waals surface area contributed by atoms with Crippen molar-refractivity contribution in [3.63, 3.8) is 0 Å². The summed E-state index contributed by atoms with van der Waals surface area (Å²) in [5.41, 5.74) is 1.39. The molecular weight excluding hydrogens is 231 g/mol. The van der Waals surface area contributed by atoms with Crippen LogP contribution in [0.15, 0.2) is 23.7 Å². The zero-order valence-electron chi connectivity index (χ0n) is 4.27. The summed E-state index contributed by atoms with van der Waals surface area (Å²) in [6.07, 6.45) is 7.42. The Morgan fingerprint density at radius 2 is 2.25 bits per heavy atom. The average Bonchev–Trinajstić information content (AvgIpc) is 2.12. The molecule has 0 aliphatic heterocycles. The molecule has 0 heterocycles. The highest BCUT2D eigenvalue weighted by Crippen LogP contribution is 2.21. The van der Waals surface area contributed by atoms with E-state index in [1.54, 1.807) is 0 Å². The first kappa shape index (κ1) is 6.62. The summed E-state index contributed by atoms with van der Waals surface area (Å²) in [7, 11) is 0. The van der Waals surface area contributed by atoms with E-state index in [0.717, 1.165) is 6.42 Å². The first-order chi connectivity index (χ1) is 3.80. The lowest BCUT2D eigenvalue weighted by atomic mass is 9.94. The van der Waals surface area contributed by atoms with Crippen LogP contribution >= 0.6 is 31.5 Å². The topological polar surface area (TPSA) is 0 Å². The van der Waals surface area contributed by atoms with E-state index < -0.39 is 0 Å². The Hall–Kier alpha value is 0.505. The Balaban J connectivity index is 2.51. The van der Waals surface area contributed by atoms with Gasteiger partial charge in [-0.3, -0.25) is 0 Å². The molecule has 1 aliphatic carbocycles. The molecule has 0 bridgehead atoms. The second-order valence-corrected chi connectivity index (χ2v) is 4.73. The minimum absolute atomic E-state index is 0.366. The fourth-order valence-corrected chi connectivity index (χ4v) is 1.30. The van der Waals surface area contributed by atoms with Gasteiger partial charge in [0.25, 0.3) is 0 Å². The molecule has 0 amide bonds. The molecule has 0 aromatic rings. The summed E-state index contributed by atoms with van der Waals surface area (Å²) in [6.45, 7) is 0. The molecule has 0 N–H and O–H groups in total. The maximum Gasteiger partial charge on any atom is 0.325 e. The first-order valence-corrected chi connectivity index (χ1v) is 4.27. The average molecular weight is 236 g/mol. The van der Waals surface area contributed by atoms with E-state index in [-0.39, 0.29) is 0 Å². The van der Waals surface area contributed by atoms with Gasteiger partial charge in [0.2, 0.25) is 0 Å². The van der Waals surface area contributed by atoms with E-state index in [1.807, 2.05) is 0 Å². The summed E-state index contributed by atoms with van der Waals surface area (Å²) >= 11 is 6.82. The molecule has 0 nitrogen and oxygen atoms in total. The normalized spacial score (nSPS) is 16.5. The summed E-state index contributed by atoms with van der Waals surface area (Å²) < 4.78 is 0.366. The van der Waals surface area contributed by atoms with Gasteiger partial charge in [0.15, 0.2) is 0 Å². The van der Waals surface area contributed by atoms with Crippen LogP contribution in [0.3, 0.4) is 0 Å². The van der Waals surface area contributed by atoms with E-state index in [4.69, 9.17) is 0 Å². The molecule has 42 valence electrons. The molecular formula is C5H5BBr2. The van der Waals surface area contributed by atoms with Crippen LogP contribution in [-0.2, 0) is 0 Å². The number of hydrogen-bond acceptors (Lipinski definition) is 0. The van der Waals surface area contributed by atoms with Crippen LogP contribution in [0.2, 0.25) is 0 Å². The van der Waals surface area contributed by atoms with Crippen LogP contribution in [-0.4, -0.2) is 4.36 Å². The predicted octanol–water partition coefficient (Wildman–Crippen LogP) is 2.69. The SMILES string of the molecule is BrB(Br)C1=CC=CC1. The first-order valence-electron chi connectivity index (χ1n) is 2.44. The monoisotopic (exact) mass is 234 g/mol. The van der Waals surface area contributed by atoms with Gasteiger partial charge in [-0.2, -0.15) is 0 Å². The zero-order chi connectivity index (χ0) is 5.98. The maximum absolute atomic E-state index is 3.41. The number of rotatable bonds is 1. The number of halogens is 2. The van der Waals surface area contributed by atoms with Crippen molar-refractivity contribution in [1.82, 2.24) is 0 Å². The minimum Gasteiger partial charge on any atom is -0.133 e. The van der Waals surface area contributed by atoms with Gasteiger partial charge in [-0.25, -0.2) is 0 Å². The van der Waals surface area contributed by atoms with Gasteiger partial charge in [-0.15, -0.1) is 31.5 Å². The van der Waals surface area contributed by atoms with Gasteiger partial charge in [0.1, 0.15) is 0 Å². The highest BCUT2D eigenvalue weighted by Gasteiger charge is 2.10. The zero-order valence-corrected chi connectivity index (χ0v) is 7.44. The number of allylic oxidation sites excluding steroid dienone is 4. The van der Waals surface area contributed by atoms with Crippen LogP contribution in [0.5, 0.6) is 0 Å². The lowest BCUT2D eigenvalue weighted by Gasteiger charge is -1.94. The maximum atomic E-state index is 3.41. The van der Waals surface area contributed by atoms with E-state index in [9.17, 15) is 0 Å². The molecule has 0 fully saturated rings. The van der Waals surface area contributed by atoms with Crippen molar-refractivity contribution < 1.29 is 0 Å². The van der Waals surface area contributed by atoms with Crippen LogP contribution in [0.25, 0.3) is 0 Å². The molecule has 1 aliphatic rings. The second-order valence-electron chi connectivity index (χ2n) is 1.67. The van der Waals surface area contributed by atoms with E-state index >= 15 is 0 Å². The van der Waals surface area contributed by atoms with Crippen molar-refractivity contribution >= 4 is 35.9 Å². The second kappa shape index (κ2) is 2.88. The summed E-state index contributed by atoms with van der Waals surface area (Å²) in [4.78, 5) is 0. The Morgan fingerprint density at radius 3 is 2.50 bits per heavy atom. The Labute approximate surface area is 66.1 Å². The predicted molar refractivity (Wildman–Crippen MR) is 45.4 cm³/mol. The molecule has 3 heteroatoms. The molecule has 0 aromatic carbocycles. The van der Waals surface area contributed by atoms with E-state index in [0.29, 0.717) is 4.36 Å². The fraction of sp³-hybridized carbons (Fsp3) is 0.200. The molecule has 0 saturated heterocycles. The van der Waals surface area contributed by atoms with Crippen molar-refractivity contribution in [2.75, 3.05) is 0 Å². The molecule has 0 unspecified atom stereocenters. The standard InChI is InChI=1S/C5H5BBr2/c7-6(8)5-3-1-2-4-5/h1-3H,4H2. The smallest absolute Gasteiger partial charge is 0.133 e. The third kappa shape index (κ3) is 1.49. The van der Waals surface area contributed by atoms with E-state index in [1.165, 1.54) is 5.47 Å². The highest BCUT2D eigenvalue weighted by atomic mass is 79.9. The molecule has 0 spiro atoms. The quantitative estimate of drug-likeness (QED) is 0.613. The third-order valence-electron chi connectivity index (χ3n) is 1.08. The Bertz CT molecular complexity index is 137. The number of hydrogen-bond donors (Lipinski definition) is 0. The van der Waals surface area contributed by atoms with E-state index in [2.05, 4.69) is 49.7 Å². The van der Waals surface area contributed by atoms with Gasteiger partial charge in [-0.05, 0) is 6.42 Å². The van der Waals surface area contributed by atoms with Gasteiger partial charge in [-0.1, -0.05) is 23.7 Å². The minimum atomic E-state index is 0.366. The van der Waals surface area contributed by atoms with Gasteiger partial charge >= 0.3 is 4.36 Å². The Morgan fingerprint density at radius 1 is 1.50 bits per heavy atom. The molecule has 0 saturated carbocycles. The molecule has 0 aromatic heterocycles. The molecule has 0 atom stereocenters. The van der Waals surface area contributed by atoms with Crippen molar-refractivity contribution in [1.29, 1.82) is 0 Å². The van der Waals surface area contributed by atoms with Gasteiger partial charge in [0, 0.05) is 0 Å². The van der Waals surface area contributed by atoms with Crippen molar-refractivity contribution in [3.8, 4) is 0 Å². The Kier molecular flexibility index (Phi) is 2.38. The molecule has 1 rings (SSSR count). The third-order valence-corrected chi connectivity index (χ3v) is 2.26. The largest absolute Gasteiger partial charge is 0.325 e. The molecule has 8 heavy (non-hydrogen) atoms. The highest BCUT2D eigenvalue weighted by molar-refractivity contribution is 9.49. The van der Waals surface area contributed by atoms with Gasteiger partial charge in [0.05, 0.1) is 0 Å². The van der Waals surface area contributed by atoms with Crippen LogP contribution in [0.4, 0.5) is 0 Å². The summed E-state index contributed by atoms with van der Waals surface area (Å²) in [6, 6.07) is 0. The van der Waals surface area contributed by atoms with Crippen LogP contribution < -0.4 is 0 Å². The summed E-state index contributed by atoms with van der Waals surface area (Å²) in [5.74, 6) is 0. The van der Waals surface area contributed by atoms with Crippen molar-refractivity contribution in [3.05, 3.63) is 23.7 Å². The fourth-order valence-electron chi connectivity index (χ4n) is 0.626. The lowest BCUT2D eigenvalue weighted by Crippen LogP contribution is -1.93. The van der Waals surface area contributed by atoms with Crippen molar-refractivity contribution in [2.45, 2.75) is 6.42 Å². The lowest BCUT2D eigenvalue weighted by molar-refractivity contribution is 1.40. The molecule has 0 radical (unpaired) electrons. The summed E-state index contributed by atoms with van der Waals surface area (Å²) in [5, 5.41) is 0.